The molecule has 5 heteroatoms. The molecule has 0 aliphatic heterocycles. The van der Waals surface area contributed by atoms with Gasteiger partial charge in [0.2, 0.25) is 0 Å². The number of amides is 1. The van der Waals surface area contributed by atoms with Gasteiger partial charge in [0.15, 0.2) is 0 Å². The summed E-state index contributed by atoms with van der Waals surface area (Å²) in [7, 11) is 0. The largest absolute Gasteiger partial charge is 0.444 e. The summed E-state index contributed by atoms with van der Waals surface area (Å²) in [6.45, 7) is 5.92. The van der Waals surface area contributed by atoms with E-state index >= 15 is 0 Å². The van der Waals surface area contributed by atoms with Crippen LogP contribution in [0.3, 0.4) is 0 Å². The molecule has 0 spiro atoms. The minimum Gasteiger partial charge on any atom is -0.444 e. The van der Waals surface area contributed by atoms with E-state index in [-0.39, 0.29) is 0 Å². The average Bonchev–Trinajstić information content (AvgIpc) is 2.79. The molecule has 20 heavy (non-hydrogen) atoms. The number of hydrogen-bond acceptors (Lipinski definition) is 3. The number of rotatable bonds is 3. The van der Waals surface area contributed by atoms with Crippen molar-refractivity contribution in [2.24, 2.45) is 0 Å². The molecule has 0 fully saturated rings. The van der Waals surface area contributed by atoms with Crippen molar-refractivity contribution >= 4 is 23.2 Å². The third-order valence-corrected chi connectivity index (χ3v) is 2.49. The van der Waals surface area contributed by atoms with Crippen molar-refractivity contribution in [1.29, 1.82) is 0 Å². The molecule has 0 atom stereocenters. The van der Waals surface area contributed by atoms with Crippen LogP contribution in [0, 0.1) is 0 Å². The number of nitrogens with zero attached hydrogens (tertiary/aromatic N) is 1. The predicted molar refractivity (Wildman–Crippen MR) is 79.4 cm³/mol. The number of aromatic nitrogens is 2. The number of carbonyl (C=O) groups excluding carboxylic acids is 1. The zero-order chi connectivity index (χ0) is 14.6. The topological polar surface area (TPSA) is 67.0 Å². The molecular formula is C15H19N3O2. The highest BCUT2D eigenvalue weighted by atomic mass is 16.6. The molecule has 0 bridgehead atoms. The summed E-state index contributed by atoms with van der Waals surface area (Å²) < 4.78 is 5.14. The van der Waals surface area contributed by atoms with Crippen LogP contribution >= 0.6 is 0 Å². The van der Waals surface area contributed by atoms with Gasteiger partial charge in [-0.1, -0.05) is 12.2 Å². The van der Waals surface area contributed by atoms with Crippen molar-refractivity contribution in [2.45, 2.75) is 26.4 Å². The SMILES string of the molecule is CC(C)(C)OC(=O)NCC=Cc1cnc2[nH]ccc2c1. The third kappa shape index (κ3) is 4.12. The molecular weight excluding hydrogens is 254 g/mol. The number of hydrogen-bond donors (Lipinski definition) is 2. The lowest BCUT2D eigenvalue weighted by Gasteiger charge is -2.19. The fourth-order valence-electron chi connectivity index (χ4n) is 1.70. The molecule has 2 heterocycles. The number of carbonyl (C=O) groups is 1. The van der Waals surface area contributed by atoms with E-state index in [1.165, 1.54) is 0 Å². The summed E-state index contributed by atoms with van der Waals surface area (Å²) in [5.41, 5.74) is 1.38. The van der Waals surface area contributed by atoms with Crippen molar-refractivity contribution in [1.82, 2.24) is 15.3 Å². The fourth-order valence-corrected chi connectivity index (χ4v) is 1.70. The van der Waals surface area contributed by atoms with Gasteiger partial charge in [0.05, 0.1) is 0 Å². The molecule has 0 aliphatic carbocycles. The van der Waals surface area contributed by atoms with Crippen LogP contribution in [0.25, 0.3) is 17.1 Å². The smallest absolute Gasteiger partial charge is 0.407 e. The van der Waals surface area contributed by atoms with E-state index in [1.54, 1.807) is 6.20 Å². The van der Waals surface area contributed by atoms with Gasteiger partial charge in [0.1, 0.15) is 11.2 Å². The number of pyridine rings is 1. The quantitative estimate of drug-likeness (QED) is 0.903. The molecule has 0 unspecified atom stereocenters. The highest BCUT2D eigenvalue weighted by Crippen LogP contribution is 2.12. The lowest BCUT2D eigenvalue weighted by molar-refractivity contribution is 0.0534. The van der Waals surface area contributed by atoms with Crippen molar-refractivity contribution < 1.29 is 9.53 Å². The van der Waals surface area contributed by atoms with E-state index in [4.69, 9.17) is 4.74 Å². The maximum Gasteiger partial charge on any atom is 0.407 e. The van der Waals surface area contributed by atoms with E-state index in [0.717, 1.165) is 16.6 Å². The van der Waals surface area contributed by atoms with Gasteiger partial charge in [0.25, 0.3) is 0 Å². The summed E-state index contributed by atoms with van der Waals surface area (Å²) in [6.07, 6.45) is 7.00. The Bertz CT molecular complexity index is 623. The van der Waals surface area contributed by atoms with Crippen molar-refractivity contribution in [2.75, 3.05) is 6.54 Å². The second kappa shape index (κ2) is 5.77. The van der Waals surface area contributed by atoms with Crippen LogP contribution in [0.2, 0.25) is 0 Å². The Morgan fingerprint density at radius 3 is 3.05 bits per heavy atom. The number of H-pyrrole nitrogens is 1. The van der Waals surface area contributed by atoms with Gasteiger partial charge in [-0.25, -0.2) is 9.78 Å². The first-order valence-corrected chi connectivity index (χ1v) is 6.50. The van der Waals surface area contributed by atoms with Crippen molar-refractivity contribution in [3.8, 4) is 0 Å². The van der Waals surface area contributed by atoms with Gasteiger partial charge in [-0.05, 0) is 38.5 Å². The first-order valence-electron chi connectivity index (χ1n) is 6.50. The van der Waals surface area contributed by atoms with E-state index in [9.17, 15) is 4.79 Å². The minimum absolute atomic E-state index is 0.415. The number of aromatic amines is 1. The van der Waals surface area contributed by atoms with Crippen LogP contribution in [0.5, 0.6) is 0 Å². The Hall–Kier alpha value is -2.30. The standard InChI is InChI=1S/C15H19N3O2/c1-15(2,3)20-14(19)17-7-4-5-11-9-12-6-8-16-13(12)18-10-11/h4-6,8-10H,7H2,1-3H3,(H,16,18)(H,17,19). The molecule has 5 nitrogen and oxygen atoms in total. The lowest BCUT2D eigenvalue weighted by Crippen LogP contribution is -2.32. The Balaban J connectivity index is 1.85. The molecule has 1 amide bonds. The summed E-state index contributed by atoms with van der Waals surface area (Å²) in [5, 5.41) is 3.73. The third-order valence-electron chi connectivity index (χ3n) is 2.49. The van der Waals surface area contributed by atoms with E-state index in [0.29, 0.717) is 6.54 Å². The van der Waals surface area contributed by atoms with Crippen LogP contribution in [0.15, 0.2) is 30.6 Å². The minimum atomic E-state index is -0.475. The summed E-state index contributed by atoms with van der Waals surface area (Å²) in [6, 6.07) is 4.00. The zero-order valence-electron chi connectivity index (χ0n) is 11.9. The molecule has 2 aromatic heterocycles. The molecule has 0 saturated heterocycles. The van der Waals surface area contributed by atoms with Crippen LogP contribution in [0.1, 0.15) is 26.3 Å². The van der Waals surface area contributed by atoms with E-state index in [2.05, 4.69) is 15.3 Å². The summed E-state index contributed by atoms with van der Waals surface area (Å²) in [4.78, 5) is 18.8. The number of nitrogens with one attached hydrogen (secondary N) is 2. The zero-order valence-corrected chi connectivity index (χ0v) is 11.9. The van der Waals surface area contributed by atoms with Crippen molar-refractivity contribution in [3.05, 3.63) is 36.2 Å². The molecule has 0 aromatic carbocycles. The second-order valence-corrected chi connectivity index (χ2v) is 5.47. The molecule has 106 valence electrons. The number of fused-ring (bicyclic) bond motifs is 1. The highest BCUT2D eigenvalue weighted by molar-refractivity contribution is 5.77. The molecule has 0 saturated carbocycles. The number of ether oxygens (including phenoxy) is 1. The average molecular weight is 273 g/mol. The Morgan fingerprint density at radius 2 is 2.30 bits per heavy atom. The van der Waals surface area contributed by atoms with Crippen LogP contribution in [-0.4, -0.2) is 28.2 Å². The van der Waals surface area contributed by atoms with Gasteiger partial charge < -0.3 is 15.0 Å². The first-order chi connectivity index (χ1) is 9.44. The Morgan fingerprint density at radius 1 is 1.50 bits per heavy atom. The van der Waals surface area contributed by atoms with Crippen LogP contribution in [-0.2, 0) is 4.74 Å². The summed E-state index contributed by atoms with van der Waals surface area (Å²) in [5.74, 6) is 0. The van der Waals surface area contributed by atoms with Crippen LogP contribution < -0.4 is 5.32 Å². The van der Waals surface area contributed by atoms with Crippen LogP contribution in [0.4, 0.5) is 4.79 Å². The fraction of sp³-hybridized carbons (Fsp3) is 0.333. The molecule has 0 radical (unpaired) electrons. The molecule has 0 aliphatic rings. The predicted octanol–water partition coefficient (Wildman–Crippen LogP) is 3.10. The monoisotopic (exact) mass is 273 g/mol. The lowest BCUT2D eigenvalue weighted by atomic mass is 10.2. The van der Waals surface area contributed by atoms with Gasteiger partial charge in [0, 0.05) is 24.3 Å². The van der Waals surface area contributed by atoms with E-state index < -0.39 is 11.7 Å². The maximum absolute atomic E-state index is 11.4. The molecule has 2 aromatic rings. The Kier molecular flexibility index (Phi) is 4.08. The highest BCUT2D eigenvalue weighted by Gasteiger charge is 2.14. The normalized spacial score (nSPS) is 11.9. The Labute approximate surface area is 118 Å². The summed E-state index contributed by atoms with van der Waals surface area (Å²) >= 11 is 0. The van der Waals surface area contributed by atoms with Gasteiger partial charge in [-0.3, -0.25) is 0 Å². The number of alkyl carbamates (subject to hydrolysis) is 1. The molecule has 2 rings (SSSR count). The van der Waals surface area contributed by atoms with Gasteiger partial charge >= 0.3 is 6.09 Å². The van der Waals surface area contributed by atoms with Gasteiger partial charge in [-0.2, -0.15) is 0 Å². The second-order valence-electron chi connectivity index (χ2n) is 5.47. The molecule has 2 N–H and O–H groups in total. The van der Waals surface area contributed by atoms with Gasteiger partial charge in [-0.15, -0.1) is 0 Å². The maximum atomic E-state index is 11.4. The van der Waals surface area contributed by atoms with Crippen molar-refractivity contribution in [3.63, 3.8) is 0 Å². The van der Waals surface area contributed by atoms with E-state index in [1.807, 2.05) is 51.3 Å². The first kappa shape index (κ1) is 14.1.